The SMILES string of the molecule is C=CCCCOc1ccc(C=O)nc1. The Labute approximate surface area is 83.4 Å². The molecule has 1 heterocycles. The summed E-state index contributed by atoms with van der Waals surface area (Å²) in [5.74, 6) is 0.694. The van der Waals surface area contributed by atoms with Gasteiger partial charge in [0.2, 0.25) is 0 Å². The standard InChI is InChI=1S/C11H13NO2/c1-2-3-4-7-14-11-6-5-10(9-13)12-8-11/h2,5-6,8-9H,1,3-4,7H2. The van der Waals surface area contributed by atoms with Crippen LogP contribution in [0.2, 0.25) is 0 Å². The molecular formula is C11H13NO2. The van der Waals surface area contributed by atoms with Crippen LogP contribution in [0.25, 0.3) is 0 Å². The van der Waals surface area contributed by atoms with Crippen molar-refractivity contribution in [2.75, 3.05) is 6.61 Å². The number of aromatic nitrogens is 1. The van der Waals surface area contributed by atoms with Crippen molar-refractivity contribution in [1.29, 1.82) is 0 Å². The van der Waals surface area contributed by atoms with Gasteiger partial charge in [0, 0.05) is 0 Å². The summed E-state index contributed by atoms with van der Waals surface area (Å²) < 4.78 is 5.38. The summed E-state index contributed by atoms with van der Waals surface area (Å²) in [6.45, 7) is 4.27. The third-order valence-corrected chi connectivity index (χ3v) is 1.70. The van der Waals surface area contributed by atoms with E-state index in [0.29, 0.717) is 24.3 Å². The van der Waals surface area contributed by atoms with E-state index in [1.807, 2.05) is 6.08 Å². The molecule has 0 bridgehead atoms. The van der Waals surface area contributed by atoms with Crippen LogP contribution in [0.4, 0.5) is 0 Å². The minimum absolute atomic E-state index is 0.420. The van der Waals surface area contributed by atoms with Crippen molar-refractivity contribution in [3.05, 3.63) is 36.7 Å². The molecule has 0 aliphatic rings. The van der Waals surface area contributed by atoms with E-state index >= 15 is 0 Å². The summed E-state index contributed by atoms with van der Waals surface area (Å²) in [5, 5.41) is 0. The van der Waals surface area contributed by atoms with E-state index in [4.69, 9.17) is 4.74 Å². The average molecular weight is 191 g/mol. The zero-order valence-corrected chi connectivity index (χ0v) is 7.98. The van der Waals surface area contributed by atoms with Gasteiger partial charge in [-0.25, -0.2) is 4.98 Å². The highest BCUT2D eigenvalue weighted by Crippen LogP contribution is 2.08. The molecule has 0 fully saturated rings. The number of nitrogens with zero attached hydrogens (tertiary/aromatic N) is 1. The van der Waals surface area contributed by atoms with Crippen molar-refractivity contribution in [2.45, 2.75) is 12.8 Å². The van der Waals surface area contributed by atoms with Gasteiger partial charge in [-0.1, -0.05) is 6.08 Å². The number of unbranched alkanes of at least 4 members (excludes halogenated alkanes) is 1. The lowest BCUT2D eigenvalue weighted by Gasteiger charge is -2.03. The van der Waals surface area contributed by atoms with Crippen molar-refractivity contribution >= 4 is 6.29 Å². The fraction of sp³-hybridized carbons (Fsp3) is 0.273. The van der Waals surface area contributed by atoms with Gasteiger partial charge in [-0.3, -0.25) is 4.79 Å². The van der Waals surface area contributed by atoms with Gasteiger partial charge < -0.3 is 4.74 Å². The molecule has 0 aromatic carbocycles. The van der Waals surface area contributed by atoms with Crippen LogP contribution < -0.4 is 4.74 Å². The molecule has 14 heavy (non-hydrogen) atoms. The zero-order chi connectivity index (χ0) is 10.2. The number of pyridine rings is 1. The highest BCUT2D eigenvalue weighted by molar-refractivity contribution is 5.71. The van der Waals surface area contributed by atoms with Crippen LogP contribution in [0.15, 0.2) is 31.0 Å². The normalized spacial score (nSPS) is 9.43. The van der Waals surface area contributed by atoms with Crippen molar-refractivity contribution in [2.24, 2.45) is 0 Å². The summed E-state index contributed by atoms with van der Waals surface area (Å²) in [5.41, 5.74) is 0.420. The predicted octanol–water partition coefficient (Wildman–Crippen LogP) is 2.24. The van der Waals surface area contributed by atoms with E-state index in [0.717, 1.165) is 12.8 Å². The number of rotatable bonds is 6. The summed E-state index contributed by atoms with van der Waals surface area (Å²) in [7, 11) is 0. The molecule has 0 N–H and O–H groups in total. The van der Waals surface area contributed by atoms with Crippen LogP contribution in [0, 0.1) is 0 Å². The number of carbonyl (C=O) groups excluding carboxylic acids is 1. The number of hydrogen-bond donors (Lipinski definition) is 0. The van der Waals surface area contributed by atoms with E-state index < -0.39 is 0 Å². The molecule has 0 saturated heterocycles. The minimum atomic E-state index is 0.420. The second kappa shape index (κ2) is 5.91. The molecule has 3 heteroatoms. The molecule has 1 aromatic heterocycles. The molecule has 0 aliphatic carbocycles. The third-order valence-electron chi connectivity index (χ3n) is 1.70. The van der Waals surface area contributed by atoms with Crippen LogP contribution in [0.1, 0.15) is 23.3 Å². The molecule has 0 unspecified atom stereocenters. The van der Waals surface area contributed by atoms with Gasteiger partial charge >= 0.3 is 0 Å². The summed E-state index contributed by atoms with van der Waals surface area (Å²) in [6, 6.07) is 3.38. The Morgan fingerprint density at radius 1 is 1.50 bits per heavy atom. The number of ether oxygens (including phenoxy) is 1. The quantitative estimate of drug-likeness (QED) is 0.393. The first-order valence-electron chi connectivity index (χ1n) is 4.51. The monoisotopic (exact) mass is 191 g/mol. The van der Waals surface area contributed by atoms with E-state index in [1.54, 1.807) is 18.3 Å². The fourth-order valence-corrected chi connectivity index (χ4v) is 0.965. The molecule has 0 saturated carbocycles. The zero-order valence-electron chi connectivity index (χ0n) is 7.98. The Bertz CT molecular complexity index is 293. The maximum absolute atomic E-state index is 10.3. The molecule has 0 spiro atoms. The second-order valence-corrected chi connectivity index (χ2v) is 2.82. The van der Waals surface area contributed by atoms with Gasteiger partial charge in [-0.05, 0) is 25.0 Å². The Kier molecular flexibility index (Phi) is 4.41. The van der Waals surface area contributed by atoms with Crippen LogP contribution in [-0.2, 0) is 0 Å². The molecule has 0 radical (unpaired) electrons. The number of hydrogen-bond acceptors (Lipinski definition) is 3. The predicted molar refractivity (Wildman–Crippen MR) is 54.6 cm³/mol. The van der Waals surface area contributed by atoms with Gasteiger partial charge in [0.1, 0.15) is 11.4 Å². The van der Waals surface area contributed by atoms with Gasteiger partial charge in [0.05, 0.1) is 12.8 Å². The van der Waals surface area contributed by atoms with Crippen LogP contribution in [0.5, 0.6) is 5.75 Å². The summed E-state index contributed by atoms with van der Waals surface area (Å²) in [4.78, 5) is 14.2. The van der Waals surface area contributed by atoms with Gasteiger partial charge in [0.15, 0.2) is 6.29 Å². The van der Waals surface area contributed by atoms with Crippen LogP contribution >= 0.6 is 0 Å². The van der Waals surface area contributed by atoms with Crippen LogP contribution in [-0.4, -0.2) is 17.9 Å². The van der Waals surface area contributed by atoms with Crippen LogP contribution in [0.3, 0.4) is 0 Å². The Morgan fingerprint density at radius 2 is 2.36 bits per heavy atom. The molecular weight excluding hydrogens is 178 g/mol. The lowest BCUT2D eigenvalue weighted by Crippen LogP contribution is -1.97. The lowest BCUT2D eigenvalue weighted by atomic mass is 10.3. The van der Waals surface area contributed by atoms with E-state index in [2.05, 4.69) is 11.6 Å². The van der Waals surface area contributed by atoms with Gasteiger partial charge in [0.25, 0.3) is 0 Å². The maximum Gasteiger partial charge on any atom is 0.168 e. The number of carbonyl (C=O) groups is 1. The molecule has 74 valence electrons. The number of aldehydes is 1. The maximum atomic E-state index is 10.3. The fourth-order valence-electron chi connectivity index (χ4n) is 0.965. The minimum Gasteiger partial charge on any atom is -0.492 e. The highest BCUT2D eigenvalue weighted by Gasteiger charge is 1.94. The molecule has 3 nitrogen and oxygen atoms in total. The van der Waals surface area contributed by atoms with E-state index in [9.17, 15) is 4.79 Å². The summed E-state index contributed by atoms with van der Waals surface area (Å²) in [6.07, 6.45) is 6.01. The van der Waals surface area contributed by atoms with Gasteiger partial charge in [-0.15, -0.1) is 6.58 Å². The first kappa shape index (κ1) is 10.4. The molecule has 0 aliphatic heterocycles. The Balaban J connectivity index is 2.36. The molecule has 0 atom stereocenters. The van der Waals surface area contributed by atoms with Crippen molar-refractivity contribution in [3.63, 3.8) is 0 Å². The van der Waals surface area contributed by atoms with E-state index in [-0.39, 0.29) is 0 Å². The van der Waals surface area contributed by atoms with Crippen molar-refractivity contribution in [1.82, 2.24) is 4.98 Å². The molecule has 0 amide bonds. The highest BCUT2D eigenvalue weighted by atomic mass is 16.5. The Morgan fingerprint density at radius 3 is 2.93 bits per heavy atom. The average Bonchev–Trinajstić information content (AvgIpc) is 2.25. The topological polar surface area (TPSA) is 39.2 Å². The van der Waals surface area contributed by atoms with Gasteiger partial charge in [-0.2, -0.15) is 0 Å². The Hall–Kier alpha value is -1.64. The largest absolute Gasteiger partial charge is 0.492 e. The smallest absolute Gasteiger partial charge is 0.168 e. The van der Waals surface area contributed by atoms with Crippen molar-refractivity contribution < 1.29 is 9.53 Å². The third kappa shape index (κ3) is 3.39. The summed E-state index contributed by atoms with van der Waals surface area (Å²) >= 11 is 0. The van der Waals surface area contributed by atoms with E-state index in [1.165, 1.54) is 0 Å². The first-order chi connectivity index (χ1) is 6.86. The van der Waals surface area contributed by atoms with Crippen molar-refractivity contribution in [3.8, 4) is 5.75 Å². The number of allylic oxidation sites excluding steroid dienone is 1. The molecule has 1 aromatic rings. The first-order valence-corrected chi connectivity index (χ1v) is 4.51. The molecule has 1 rings (SSSR count). The lowest BCUT2D eigenvalue weighted by molar-refractivity contribution is 0.111. The second-order valence-electron chi connectivity index (χ2n) is 2.82.